The maximum atomic E-state index is 12.8. The van der Waals surface area contributed by atoms with Crippen LogP contribution in [0.2, 0.25) is 5.02 Å². The molecule has 0 bridgehead atoms. The first-order chi connectivity index (χ1) is 15.6. The summed E-state index contributed by atoms with van der Waals surface area (Å²) in [7, 11) is 0. The molecule has 1 atom stereocenters. The smallest absolute Gasteiger partial charge is 0.355 e. The Balaban J connectivity index is 1.90. The van der Waals surface area contributed by atoms with Crippen LogP contribution in [-0.2, 0) is 22.3 Å². The summed E-state index contributed by atoms with van der Waals surface area (Å²) in [5, 5.41) is 11.0. The molecule has 0 aliphatic heterocycles. The molecule has 0 heterocycles. The molecule has 33 heavy (non-hydrogen) atoms. The van der Waals surface area contributed by atoms with Gasteiger partial charge in [-0.25, -0.2) is 0 Å². The highest BCUT2D eigenvalue weighted by Crippen LogP contribution is 2.29. The molecule has 0 aliphatic rings. The van der Waals surface area contributed by atoms with E-state index in [0.29, 0.717) is 24.2 Å². The number of carbonyl (C=O) groups is 3. The van der Waals surface area contributed by atoms with Crippen molar-refractivity contribution in [3.63, 3.8) is 0 Å². The van der Waals surface area contributed by atoms with Crippen LogP contribution in [0.15, 0.2) is 48.5 Å². The van der Waals surface area contributed by atoms with Crippen molar-refractivity contribution in [3.8, 4) is 0 Å². The van der Waals surface area contributed by atoms with Crippen molar-refractivity contribution in [1.82, 2.24) is 21.3 Å². The van der Waals surface area contributed by atoms with Crippen LogP contribution in [0.3, 0.4) is 0 Å². The molecule has 11 heteroatoms. The molecule has 0 saturated heterocycles. The second-order valence-electron chi connectivity index (χ2n) is 7.03. The molecule has 0 saturated carbocycles. The number of likely N-dealkylation sites (N-methyl/N-ethyl adjacent to an activating group) is 1. The lowest BCUT2D eigenvalue weighted by molar-refractivity contribution is -0.137. The minimum absolute atomic E-state index is 0.113. The molecule has 0 fully saturated rings. The Morgan fingerprint density at radius 1 is 1.03 bits per heavy atom. The van der Waals surface area contributed by atoms with E-state index in [1.54, 1.807) is 19.1 Å². The van der Waals surface area contributed by atoms with Crippen molar-refractivity contribution in [2.45, 2.75) is 25.7 Å². The molecular weight excluding hydrogens is 461 g/mol. The van der Waals surface area contributed by atoms with Crippen LogP contribution in [0.4, 0.5) is 13.2 Å². The molecule has 0 radical (unpaired) electrons. The van der Waals surface area contributed by atoms with Gasteiger partial charge in [0.2, 0.25) is 11.8 Å². The lowest BCUT2D eigenvalue weighted by atomic mass is 10.1. The third-order valence-corrected chi connectivity index (χ3v) is 4.71. The van der Waals surface area contributed by atoms with Crippen LogP contribution in [0.1, 0.15) is 28.4 Å². The minimum atomic E-state index is -4.59. The number of amides is 3. The van der Waals surface area contributed by atoms with E-state index in [-0.39, 0.29) is 12.1 Å². The van der Waals surface area contributed by atoms with Gasteiger partial charge in [-0.2, -0.15) is 13.2 Å². The van der Waals surface area contributed by atoms with E-state index < -0.39 is 42.0 Å². The summed E-state index contributed by atoms with van der Waals surface area (Å²) in [5.74, 6) is -1.93. The molecule has 0 aliphatic carbocycles. The van der Waals surface area contributed by atoms with Crippen molar-refractivity contribution >= 4 is 29.3 Å². The fourth-order valence-corrected chi connectivity index (χ4v) is 2.94. The van der Waals surface area contributed by atoms with Crippen molar-refractivity contribution in [3.05, 3.63) is 70.2 Å². The maximum absolute atomic E-state index is 12.8. The molecule has 2 aromatic rings. The number of hydrogen-bond donors (Lipinski definition) is 4. The standard InChI is InChI=1S/C22H24ClF3N4O3/c1-2-28-21(33)18(12-27-11-14-6-8-17(23)9-7-14)30-19(31)13-29-20(32)15-4-3-5-16(10-15)22(24,25)26/h3-10,18,27H,2,11-13H2,1H3,(H,28,33)(H,29,32)(H,30,31). The second-order valence-corrected chi connectivity index (χ2v) is 7.47. The fourth-order valence-electron chi connectivity index (χ4n) is 2.81. The van der Waals surface area contributed by atoms with E-state index >= 15 is 0 Å². The first kappa shape index (κ1) is 26.1. The monoisotopic (exact) mass is 484 g/mol. The zero-order valence-electron chi connectivity index (χ0n) is 17.8. The lowest BCUT2D eigenvalue weighted by Gasteiger charge is -2.19. The van der Waals surface area contributed by atoms with Gasteiger partial charge in [-0.05, 0) is 42.8 Å². The van der Waals surface area contributed by atoms with Crippen LogP contribution in [0.25, 0.3) is 0 Å². The normalized spacial score (nSPS) is 12.0. The van der Waals surface area contributed by atoms with Gasteiger partial charge in [-0.3, -0.25) is 14.4 Å². The van der Waals surface area contributed by atoms with E-state index in [1.165, 1.54) is 6.07 Å². The second kappa shape index (κ2) is 12.2. The van der Waals surface area contributed by atoms with Gasteiger partial charge in [-0.15, -0.1) is 0 Å². The minimum Gasteiger partial charge on any atom is -0.355 e. The van der Waals surface area contributed by atoms with Crippen molar-refractivity contribution in [2.75, 3.05) is 19.6 Å². The predicted octanol–water partition coefficient (Wildman–Crippen LogP) is 2.50. The average Bonchev–Trinajstić information content (AvgIpc) is 2.77. The first-order valence-electron chi connectivity index (χ1n) is 10.1. The van der Waals surface area contributed by atoms with Gasteiger partial charge in [0.05, 0.1) is 12.1 Å². The Morgan fingerprint density at radius 2 is 1.73 bits per heavy atom. The third-order valence-electron chi connectivity index (χ3n) is 4.46. The zero-order valence-corrected chi connectivity index (χ0v) is 18.5. The molecule has 2 aromatic carbocycles. The van der Waals surface area contributed by atoms with Crippen LogP contribution >= 0.6 is 11.6 Å². The van der Waals surface area contributed by atoms with Gasteiger partial charge in [0, 0.05) is 30.2 Å². The van der Waals surface area contributed by atoms with Crippen LogP contribution in [-0.4, -0.2) is 43.4 Å². The van der Waals surface area contributed by atoms with Gasteiger partial charge in [0.25, 0.3) is 5.91 Å². The van der Waals surface area contributed by atoms with Gasteiger partial charge in [0.1, 0.15) is 6.04 Å². The Hall–Kier alpha value is -3.11. The maximum Gasteiger partial charge on any atom is 0.416 e. The number of rotatable bonds is 10. The van der Waals surface area contributed by atoms with Gasteiger partial charge >= 0.3 is 6.18 Å². The van der Waals surface area contributed by atoms with Crippen molar-refractivity contribution in [1.29, 1.82) is 0 Å². The molecule has 3 amide bonds. The molecule has 1 unspecified atom stereocenters. The topological polar surface area (TPSA) is 99.3 Å². The predicted molar refractivity (Wildman–Crippen MR) is 118 cm³/mol. The first-order valence-corrected chi connectivity index (χ1v) is 10.5. The van der Waals surface area contributed by atoms with Crippen molar-refractivity contribution in [2.24, 2.45) is 0 Å². The molecule has 0 spiro atoms. The molecular formula is C22H24ClF3N4O3. The van der Waals surface area contributed by atoms with E-state index in [4.69, 9.17) is 11.6 Å². The summed E-state index contributed by atoms with van der Waals surface area (Å²) in [6.07, 6.45) is -4.59. The summed E-state index contributed by atoms with van der Waals surface area (Å²) in [5.41, 5.74) is -0.279. The van der Waals surface area contributed by atoms with E-state index in [9.17, 15) is 27.6 Å². The quantitative estimate of drug-likeness (QED) is 0.416. The number of carbonyl (C=O) groups excluding carboxylic acids is 3. The van der Waals surface area contributed by atoms with Crippen LogP contribution < -0.4 is 21.3 Å². The number of hydrogen-bond acceptors (Lipinski definition) is 4. The van der Waals surface area contributed by atoms with Gasteiger partial charge in [-0.1, -0.05) is 29.8 Å². The Kier molecular flexibility index (Phi) is 9.68. The largest absolute Gasteiger partial charge is 0.416 e. The summed E-state index contributed by atoms with van der Waals surface area (Å²) in [4.78, 5) is 36.7. The Bertz CT molecular complexity index is 968. The van der Waals surface area contributed by atoms with Crippen molar-refractivity contribution < 1.29 is 27.6 Å². The van der Waals surface area contributed by atoms with Crippen LogP contribution in [0, 0.1) is 0 Å². The summed E-state index contributed by atoms with van der Waals surface area (Å²) in [6, 6.07) is 10.0. The molecule has 4 N–H and O–H groups in total. The Morgan fingerprint density at radius 3 is 2.36 bits per heavy atom. The highest BCUT2D eigenvalue weighted by Gasteiger charge is 2.31. The van der Waals surface area contributed by atoms with Crippen LogP contribution in [0.5, 0.6) is 0 Å². The SMILES string of the molecule is CCNC(=O)C(CNCc1ccc(Cl)cc1)NC(=O)CNC(=O)c1cccc(C(F)(F)F)c1. The fraction of sp³-hybridized carbons (Fsp3) is 0.318. The molecule has 0 aromatic heterocycles. The number of alkyl halides is 3. The molecule has 178 valence electrons. The van der Waals surface area contributed by atoms with E-state index in [1.807, 2.05) is 12.1 Å². The highest BCUT2D eigenvalue weighted by atomic mass is 35.5. The van der Waals surface area contributed by atoms with Gasteiger partial charge in [0.15, 0.2) is 0 Å². The number of benzene rings is 2. The number of nitrogens with one attached hydrogen (secondary N) is 4. The molecule has 2 rings (SSSR count). The molecule has 7 nitrogen and oxygen atoms in total. The highest BCUT2D eigenvalue weighted by molar-refractivity contribution is 6.30. The van der Waals surface area contributed by atoms with Gasteiger partial charge < -0.3 is 21.3 Å². The summed E-state index contributed by atoms with van der Waals surface area (Å²) >= 11 is 5.85. The zero-order chi connectivity index (χ0) is 24.4. The third kappa shape index (κ3) is 8.74. The Labute approximate surface area is 194 Å². The van der Waals surface area contributed by atoms with E-state index in [0.717, 1.165) is 17.7 Å². The summed E-state index contributed by atoms with van der Waals surface area (Å²) < 4.78 is 38.4. The number of halogens is 4. The average molecular weight is 485 g/mol. The van der Waals surface area contributed by atoms with E-state index in [2.05, 4.69) is 21.3 Å². The summed E-state index contributed by atoms with van der Waals surface area (Å²) in [6.45, 7) is 2.11. The lowest BCUT2D eigenvalue weighted by Crippen LogP contribution is -2.53.